The lowest BCUT2D eigenvalue weighted by Crippen LogP contribution is -2.29. The number of halogens is 2. The third-order valence-corrected chi connectivity index (χ3v) is 3.65. The van der Waals surface area contributed by atoms with E-state index in [9.17, 15) is 9.59 Å². The summed E-state index contributed by atoms with van der Waals surface area (Å²) in [5, 5.41) is 5.10. The van der Waals surface area contributed by atoms with Crippen LogP contribution in [-0.4, -0.2) is 16.2 Å². The van der Waals surface area contributed by atoms with Gasteiger partial charge in [-0.1, -0.05) is 42.3 Å². The van der Waals surface area contributed by atoms with E-state index in [-0.39, 0.29) is 12.1 Å². The van der Waals surface area contributed by atoms with Crippen molar-refractivity contribution < 1.29 is 4.79 Å². The van der Waals surface area contributed by atoms with Crippen molar-refractivity contribution in [3.8, 4) is 0 Å². The standard InChI is InChI=1S/C16H15Cl2N3O2/c1-2-14(12-7-6-11(17)9-13(12)18)19-20-15(22)10-21-8-4-3-5-16(21)23/h3-9H,2,10H2,1H3,(H,20,22)/b19-14-. The molecule has 0 bridgehead atoms. The highest BCUT2D eigenvalue weighted by Crippen LogP contribution is 2.22. The largest absolute Gasteiger partial charge is 0.306 e. The third kappa shape index (κ3) is 4.68. The second-order valence-electron chi connectivity index (χ2n) is 4.74. The van der Waals surface area contributed by atoms with Gasteiger partial charge in [-0.05, 0) is 24.6 Å². The van der Waals surface area contributed by atoms with Crippen LogP contribution < -0.4 is 11.0 Å². The zero-order valence-corrected chi connectivity index (χ0v) is 13.9. The van der Waals surface area contributed by atoms with Crippen LogP contribution in [0.1, 0.15) is 18.9 Å². The highest BCUT2D eigenvalue weighted by molar-refractivity contribution is 6.37. The number of nitrogens with one attached hydrogen (secondary N) is 1. The molecule has 0 spiro atoms. The number of rotatable bonds is 5. The van der Waals surface area contributed by atoms with Gasteiger partial charge in [-0.15, -0.1) is 0 Å². The van der Waals surface area contributed by atoms with Crippen LogP contribution in [0.25, 0.3) is 0 Å². The molecule has 23 heavy (non-hydrogen) atoms. The van der Waals surface area contributed by atoms with Crippen LogP contribution >= 0.6 is 23.2 Å². The fourth-order valence-corrected chi connectivity index (χ4v) is 2.48. The number of aromatic nitrogens is 1. The van der Waals surface area contributed by atoms with Crippen molar-refractivity contribution in [2.45, 2.75) is 19.9 Å². The van der Waals surface area contributed by atoms with Crippen molar-refractivity contribution in [1.82, 2.24) is 9.99 Å². The summed E-state index contributed by atoms with van der Waals surface area (Å²) in [7, 11) is 0. The molecule has 1 aromatic carbocycles. The van der Waals surface area contributed by atoms with Crippen LogP contribution in [0.5, 0.6) is 0 Å². The molecule has 7 heteroatoms. The quantitative estimate of drug-likeness (QED) is 0.664. The van der Waals surface area contributed by atoms with E-state index in [1.54, 1.807) is 36.5 Å². The molecule has 2 aromatic rings. The number of carbonyl (C=O) groups is 1. The smallest absolute Gasteiger partial charge is 0.260 e. The molecule has 0 saturated heterocycles. The predicted octanol–water partition coefficient (Wildman–Crippen LogP) is 3.09. The van der Waals surface area contributed by atoms with E-state index in [1.807, 2.05) is 6.92 Å². The zero-order chi connectivity index (χ0) is 16.8. The van der Waals surface area contributed by atoms with Crippen molar-refractivity contribution in [2.75, 3.05) is 0 Å². The maximum absolute atomic E-state index is 11.9. The summed E-state index contributed by atoms with van der Waals surface area (Å²) >= 11 is 12.0. The fraction of sp³-hybridized carbons (Fsp3) is 0.188. The Bertz CT molecular complexity index is 800. The van der Waals surface area contributed by atoms with Gasteiger partial charge in [0.25, 0.3) is 11.5 Å². The van der Waals surface area contributed by atoms with Crippen LogP contribution in [0, 0.1) is 0 Å². The van der Waals surface area contributed by atoms with E-state index < -0.39 is 5.91 Å². The molecule has 120 valence electrons. The first-order chi connectivity index (χ1) is 11.0. The molecule has 1 amide bonds. The zero-order valence-electron chi connectivity index (χ0n) is 12.4. The van der Waals surface area contributed by atoms with Gasteiger partial charge in [0.1, 0.15) is 6.54 Å². The van der Waals surface area contributed by atoms with Crippen LogP contribution in [-0.2, 0) is 11.3 Å². The summed E-state index contributed by atoms with van der Waals surface area (Å²) in [5.74, 6) is -0.394. The van der Waals surface area contributed by atoms with Crippen LogP contribution in [0.2, 0.25) is 10.0 Å². The maximum atomic E-state index is 11.9. The van der Waals surface area contributed by atoms with E-state index in [4.69, 9.17) is 23.2 Å². The lowest BCUT2D eigenvalue weighted by Gasteiger charge is -2.08. The van der Waals surface area contributed by atoms with E-state index in [2.05, 4.69) is 10.5 Å². The fourth-order valence-electron chi connectivity index (χ4n) is 1.96. The Morgan fingerprint density at radius 3 is 2.70 bits per heavy atom. The van der Waals surface area contributed by atoms with Gasteiger partial charge in [0.05, 0.1) is 10.7 Å². The number of hydrogen-bond acceptors (Lipinski definition) is 3. The van der Waals surface area contributed by atoms with Gasteiger partial charge >= 0.3 is 0 Å². The molecular formula is C16H15Cl2N3O2. The van der Waals surface area contributed by atoms with Gasteiger partial charge in [0.2, 0.25) is 0 Å². The minimum absolute atomic E-state index is 0.103. The van der Waals surface area contributed by atoms with Crippen LogP contribution in [0.4, 0.5) is 0 Å². The Morgan fingerprint density at radius 1 is 1.26 bits per heavy atom. The van der Waals surface area contributed by atoms with E-state index >= 15 is 0 Å². The van der Waals surface area contributed by atoms with Crippen molar-refractivity contribution in [1.29, 1.82) is 0 Å². The maximum Gasteiger partial charge on any atom is 0.260 e. The monoisotopic (exact) mass is 351 g/mol. The van der Waals surface area contributed by atoms with Crippen molar-refractivity contribution in [3.05, 3.63) is 68.6 Å². The molecule has 0 saturated carbocycles. The predicted molar refractivity (Wildman–Crippen MR) is 92.1 cm³/mol. The summed E-state index contributed by atoms with van der Waals surface area (Å²) < 4.78 is 1.30. The average molecular weight is 352 g/mol. The Hall–Kier alpha value is -2.11. The van der Waals surface area contributed by atoms with Crippen molar-refractivity contribution >= 4 is 34.8 Å². The van der Waals surface area contributed by atoms with Gasteiger partial charge in [-0.2, -0.15) is 5.10 Å². The van der Waals surface area contributed by atoms with E-state index in [1.165, 1.54) is 10.6 Å². The minimum atomic E-state index is -0.394. The number of amides is 1. The summed E-state index contributed by atoms with van der Waals surface area (Å²) in [5.41, 5.74) is 3.53. The first kappa shape index (κ1) is 17.2. The molecule has 1 aromatic heterocycles. The Balaban J connectivity index is 2.12. The summed E-state index contributed by atoms with van der Waals surface area (Å²) in [6.45, 7) is 1.80. The first-order valence-electron chi connectivity index (χ1n) is 6.97. The molecule has 1 heterocycles. The molecule has 0 fully saturated rings. The Morgan fingerprint density at radius 2 is 2.04 bits per heavy atom. The van der Waals surface area contributed by atoms with Gasteiger partial charge < -0.3 is 4.57 Å². The van der Waals surface area contributed by atoms with Gasteiger partial charge in [0.15, 0.2) is 0 Å². The SMILES string of the molecule is CC/C(=N/NC(=O)Cn1ccccc1=O)c1ccc(Cl)cc1Cl. The lowest BCUT2D eigenvalue weighted by atomic mass is 10.1. The molecule has 0 aliphatic heterocycles. The topological polar surface area (TPSA) is 63.5 Å². The molecule has 0 radical (unpaired) electrons. The lowest BCUT2D eigenvalue weighted by molar-refractivity contribution is -0.121. The van der Waals surface area contributed by atoms with Crippen LogP contribution in [0.15, 0.2) is 52.5 Å². The molecule has 2 rings (SSSR count). The normalized spacial score (nSPS) is 11.3. The third-order valence-electron chi connectivity index (χ3n) is 3.11. The van der Waals surface area contributed by atoms with Gasteiger partial charge in [-0.25, -0.2) is 5.43 Å². The molecule has 0 atom stereocenters. The number of hydrazone groups is 1. The van der Waals surface area contributed by atoms with Gasteiger partial charge in [0, 0.05) is 22.8 Å². The summed E-state index contributed by atoms with van der Waals surface area (Å²) in [6.07, 6.45) is 2.12. The summed E-state index contributed by atoms with van der Waals surface area (Å²) in [4.78, 5) is 23.5. The first-order valence-corrected chi connectivity index (χ1v) is 7.73. The molecular weight excluding hydrogens is 337 g/mol. The van der Waals surface area contributed by atoms with Gasteiger partial charge in [-0.3, -0.25) is 9.59 Å². The summed E-state index contributed by atoms with van der Waals surface area (Å²) in [6, 6.07) is 9.77. The van der Waals surface area contributed by atoms with Crippen molar-refractivity contribution in [2.24, 2.45) is 5.10 Å². The molecule has 5 nitrogen and oxygen atoms in total. The highest BCUT2D eigenvalue weighted by Gasteiger charge is 2.09. The number of pyridine rings is 1. The minimum Gasteiger partial charge on any atom is -0.306 e. The number of carbonyl (C=O) groups excluding carboxylic acids is 1. The average Bonchev–Trinajstić information content (AvgIpc) is 2.52. The van der Waals surface area contributed by atoms with E-state index in [0.29, 0.717) is 27.7 Å². The van der Waals surface area contributed by atoms with E-state index in [0.717, 1.165) is 0 Å². The molecule has 0 aliphatic carbocycles. The molecule has 0 unspecified atom stereocenters. The molecule has 1 N–H and O–H groups in total. The number of nitrogens with zero attached hydrogens (tertiary/aromatic N) is 2. The second kappa shape index (κ2) is 7.94. The number of hydrogen-bond donors (Lipinski definition) is 1. The Labute approximate surface area is 143 Å². The Kier molecular flexibility index (Phi) is 5.96. The molecule has 0 aliphatic rings. The number of benzene rings is 1. The van der Waals surface area contributed by atoms with Crippen molar-refractivity contribution in [3.63, 3.8) is 0 Å². The van der Waals surface area contributed by atoms with Crippen LogP contribution in [0.3, 0.4) is 0 Å². The second-order valence-corrected chi connectivity index (χ2v) is 5.58. The highest BCUT2D eigenvalue weighted by atomic mass is 35.5.